The number of amides is 2. The highest BCUT2D eigenvalue weighted by atomic mass is 16.6. The van der Waals surface area contributed by atoms with Crippen LogP contribution in [0.25, 0.3) is 0 Å². The molecule has 4 rings (SSSR count). The van der Waals surface area contributed by atoms with Crippen LogP contribution in [0.1, 0.15) is 32.1 Å². The Hall–Kier alpha value is -2.12. The van der Waals surface area contributed by atoms with Gasteiger partial charge in [-0.25, -0.2) is 4.79 Å². The van der Waals surface area contributed by atoms with Crippen LogP contribution >= 0.6 is 0 Å². The summed E-state index contributed by atoms with van der Waals surface area (Å²) in [4.78, 5) is 24.6. The molecule has 1 aromatic carbocycles. The van der Waals surface area contributed by atoms with E-state index >= 15 is 0 Å². The van der Waals surface area contributed by atoms with Crippen LogP contribution in [0.5, 0.6) is 0 Å². The van der Waals surface area contributed by atoms with Crippen molar-refractivity contribution in [3.05, 3.63) is 30.3 Å². The van der Waals surface area contributed by atoms with E-state index in [1.807, 2.05) is 18.2 Å². The van der Waals surface area contributed by atoms with Gasteiger partial charge in [0.1, 0.15) is 12.2 Å². The number of carbonyl (C=O) groups is 2. The monoisotopic (exact) mass is 374 g/mol. The molecule has 1 aromatic rings. The van der Waals surface area contributed by atoms with E-state index in [4.69, 9.17) is 14.2 Å². The first-order valence-electron chi connectivity index (χ1n) is 9.77. The van der Waals surface area contributed by atoms with Gasteiger partial charge in [0, 0.05) is 11.6 Å². The third-order valence-corrected chi connectivity index (χ3v) is 5.59. The molecule has 0 spiro atoms. The van der Waals surface area contributed by atoms with Gasteiger partial charge < -0.3 is 19.5 Å². The quantitative estimate of drug-likeness (QED) is 0.846. The molecule has 4 atom stereocenters. The van der Waals surface area contributed by atoms with E-state index in [-0.39, 0.29) is 36.7 Å². The van der Waals surface area contributed by atoms with Gasteiger partial charge in [-0.05, 0) is 25.0 Å². The number of anilines is 1. The van der Waals surface area contributed by atoms with Gasteiger partial charge in [0.25, 0.3) is 0 Å². The minimum Gasteiger partial charge on any atom is -0.441 e. The first kappa shape index (κ1) is 18.3. The van der Waals surface area contributed by atoms with Gasteiger partial charge in [-0.1, -0.05) is 37.5 Å². The Labute approximate surface area is 158 Å². The van der Waals surface area contributed by atoms with Crippen LogP contribution < -0.4 is 10.6 Å². The highest BCUT2D eigenvalue weighted by molar-refractivity contribution is 5.84. The van der Waals surface area contributed by atoms with E-state index in [1.165, 1.54) is 6.42 Å². The minimum atomic E-state index is -0.534. The third kappa shape index (κ3) is 4.25. The van der Waals surface area contributed by atoms with Crippen LogP contribution in [0.3, 0.4) is 0 Å². The molecule has 2 amide bonds. The molecule has 7 nitrogen and oxygen atoms in total. The van der Waals surface area contributed by atoms with Crippen molar-refractivity contribution in [3.8, 4) is 0 Å². The zero-order chi connectivity index (χ0) is 18.6. The van der Waals surface area contributed by atoms with Crippen LogP contribution in [-0.2, 0) is 19.0 Å². The molecule has 2 heterocycles. The summed E-state index contributed by atoms with van der Waals surface area (Å²) < 4.78 is 17.1. The second-order valence-corrected chi connectivity index (χ2v) is 7.48. The van der Waals surface area contributed by atoms with Gasteiger partial charge >= 0.3 is 6.09 Å². The van der Waals surface area contributed by atoms with Crippen molar-refractivity contribution in [1.29, 1.82) is 0 Å². The minimum absolute atomic E-state index is 0.0961. The van der Waals surface area contributed by atoms with Crippen molar-refractivity contribution < 1.29 is 23.8 Å². The molecule has 2 saturated heterocycles. The van der Waals surface area contributed by atoms with E-state index in [0.717, 1.165) is 25.7 Å². The summed E-state index contributed by atoms with van der Waals surface area (Å²) in [6.45, 7) is 0.654. The molecule has 0 unspecified atom stereocenters. The van der Waals surface area contributed by atoms with Gasteiger partial charge in [-0.15, -0.1) is 0 Å². The zero-order valence-corrected chi connectivity index (χ0v) is 15.3. The summed E-state index contributed by atoms with van der Waals surface area (Å²) in [5, 5.41) is 5.78. The largest absolute Gasteiger partial charge is 0.441 e. The predicted octanol–water partition coefficient (Wildman–Crippen LogP) is 2.47. The Morgan fingerprint density at radius 3 is 2.48 bits per heavy atom. The Morgan fingerprint density at radius 1 is 0.963 bits per heavy atom. The number of rotatable bonds is 4. The fourth-order valence-electron chi connectivity index (χ4n) is 4.16. The number of para-hydroxylation sites is 1. The van der Waals surface area contributed by atoms with Crippen LogP contribution in [0.4, 0.5) is 10.5 Å². The van der Waals surface area contributed by atoms with Crippen molar-refractivity contribution in [1.82, 2.24) is 5.32 Å². The molecule has 146 valence electrons. The lowest BCUT2D eigenvalue weighted by molar-refractivity contribution is -0.127. The highest BCUT2D eigenvalue weighted by Crippen LogP contribution is 2.30. The number of benzene rings is 1. The lowest BCUT2D eigenvalue weighted by Crippen LogP contribution is -2.46. The Balaban J connectivity index is 1.28. The smallest absolute Gasteiger partial charge is 0.412 e. The number of carbonyl (C=O) groups excluding carboxylic acids is 2. The average Bonchev–Trinajstić information content (AvgIpc) is 3.27. The molecular formula is C20H26N2O5. The maximum Gasteiger partial charge on any atom is 0.412 e. The van der Waals surface area contributed by atoms with Gasteiger partial charge in [-0.2, -0.15) is 0 Å². The highest BCUT2D eigenvalue weighted by Gasteiger charge is 2.50. The normalized spacial score (nSPS) is 30.5. The van der Waals surface area contributed by atoms with Crippen molar-refractivity contribution >= 4 is 17.7 Å². The topological polar surface area (TPSA) is 85.9 Å². The summed E-state index contributed by atoms with van der Waals surface area (Å²) in [6, 6.07) is 8.94. The second-order valence-electron chi connectivity index (χ2n) is 7.48. The summed E-state index contributed by atoms with van der Waals surface area (Å²) in [7, 11) is 0. The van der Waals surface area contributed by atoms with Crippen LogP contribution in [0, 0.1) is 5.92 Å². The van der Waals surface area contributed by atoms with Gasteiger partial charge in [-0.3, -0.25) is 10.1 Å². The summed E-state index contributed by atoms with van der Waals surface area (Å²) in [5.41, 5.74) is 0.669. The van der Waals surface area contributed by atoms with E-state index < -0.39 is 12.2 Å². The van der Waals surface area contributed by atoms with Crippen molar-refractivity contribution in [2.75, 3.05) is 18.5 Å². The Morgan fingerprint density at radius 2 is 1.70 bits per heavy atom. The van der Waals surface area contributed by atoms with Gasteiger partial charge in [0.05, 0.1) is 19.3 Å². The van der Waals surface area contributed by atoms with E-state index in [9.17, 15) is 9.59 Å². The van der Waals surface area contributed by atoms with Crippen molar-refractivity contribution in [3.63, 3.8) is 0 Å². The number of ether oxygens (including phenoxy) is 3. The van der Waals surface area contributed by atoms with E-state index in [2.05, 4.69) is 10.6 Å². The molecule has 1 saturated carbocycles. The fourth-order valence-corrected chi connectivity index (χ4v) is 4.16. The number of fused-ring (bicyclic) bond motifs is 1. The zero-order valence-electron chi connectivity index (χ0n) is 15.3. The van der Waals surface area contributed by atoms with E-state index in [1.54, 1.807) is 12.1 Å². The molecule has 0 bridgehead atoms. The van der Waals surface area contributed by atoms with Gasteiger partial charge in [0.15, 0.2) is 6.10 Å². The molecule has 7 heteroatoms. The molecule has 2 N–H and O–H groups in total. The molecule has 27 heavy (non-hydrogen) atoms. The Bertz CT molecular complexity index is 662. The Kier molecular flexibility index (Phi) is 5.59. The summed E-state index contributed by atoms with van der Waals surface area (Å²) >= 11 is 0. The molecule has 1 aliphatic carbocycles. The fraction of sp³-hybridized carbons (Fsp3) is 0.600. The maximum absolute atomic E-state index is 12.5. The molecule has 0 radical (unpaired) electrons. The number of hydrogen-bond donors (Lipinski definition) is 2. The second kappa shape index (κ2) is 8.27. The van der Waals surface area contributed by atoms with Crippen molar-refractivity contribution in [2.45, 2.75) is 56.5 Å². The lowest BCUT2D eigenvalue weighted by Gasteiger charge is -2.24. The van der Waals surface area contributed by atoms with Gasteiger partial charge in [0.2, 0.25) is 5.91 Å². The standard InChI is InChI=1S/C20H26N2O5/c23-19(13-7-3-1-4-8-13)22-15-11-25-18-16(12-26-17(15)18)27-20(24)21-14-9-5-2-6-10-14/h2,5-6,9-10,13,15-18H,1,3-4,7-8,11-12H2,(H,21,24)(H,22,23)/t15-,16+,17+,18+/m0/s1. The average molecular weight is 374 g/mol. The lowest BCUT2D eigenvalue weighted by atomic mass is 9.88. The molecule has 0 aromatic heterocycles. The molecule has 3 fully saturated rings. The van der Waals surface area contributed by atoms with Crippen LogP contribution in [0.15, 0.2) is 30.3 Å². The predicted molar refractivity (Wildman–Crippen MR) is 98.3 cm³/mol. The summed E-state index contributed by atoms with van der Waals surface area (Å²) in [5.74, 6) is 0.196. The first-order valence-corrected chi connectivity index (χ1v) is 9.77. The van der Waals surface area contributed by atoms with Crippen LogP contribution in [0.2, 0.25) is 0 Å². The maximum atomic E-state index is 12.5. The third-order valence-electron chi connectivity index (χ3n) is 5.59. The molecule has 3 aliphatic rings. The molecule has 2 aliphatic heterocycles. The van der Waals surface area contributed by atoms with E-state index in [0.29, 0.717) is 12.3 Å². The summed E-state index contributed by atoms with van der Waals surface area (Å²) in [6.07, 6.45) is 3.75. The van der Waals surface area contributed by atoms with Crippen LogP contribution in [-0.4, -0.2) is 49.6 Å². The first-order chi connectivity index (χ1) is 13.2. The van der Waals surface area contributed by atoms with Crippen molar-refractivity contribution in [2.24, 2.45) is 5.92 Å². The SMILES string of the molecule is O=C(Nc1ccccc1)O[C@@H]1CO[C@H]2[C@@H]1OC[C@@H]2NC(=O)C1CCCCC1. The molecular weight excluding hydrogens is 348 g/mol. The number of nitrogens with one attached hydrogen (secondary N) is 2. The number of hydrogen-bond acceptors (Lipinski definition) is 5.